The molecule has 1 rings (SSSR count). The predicted molar refractivity (Wildman–Crippen MR) is 49.9 cm³/mol. The summed E-state index contributed by atoms with van der Waals surface area (Å²) in [6.07, 6.45) is 4.94. The maximum Gasteiger partial charge on any atom is 0.222 e. The number of hydrogen-bond acceptors (Lipinski definition) is 1. The highest BCUT2D eigenvalue weighted by molar-refractivity contribution is 6.10. The van der Waals surface area contributed by atoms with E-state index < -0.39 is 0 Å². The molecular formula is C9H16BNO. The largest absolute Gasteiger partial charge is 0.365 e. The Balaban J connectivity index is 2.42. The van der Waals surface area contributed by atoms with Crippen LogP contribution < -0.4 is 5.32 Å². The Kier molecular flexibility index (Phi) is 3.64. The molecule has 0 saturated heterocycles. The van der Waals surface area contributed by atoms with Gasteiger partial charge in [-0.05, 0) is 25.2 Å². The lowest BCUT2D eigenvalue weighted by Gasteiger charge is -2.27. The van der Waals surface area contributed by atoms with Crippen LogP contribution in [0.2, 0.25) is 0 Å². The van der Waals surface area contributed by atoms with E-state index in [1.165, 1.54) is 19.3 Å². The number of amides is 1. The van der Waals surface area contributed by atoms with E-state index in [9.17, 15) is 4.79 Å². The summed E-state index contributed by atoms with van der Waals surface area (Å²) in [5.74, 6) is 0.886. The van der Waals surface area contributed by atoms with Gasteiger partial charge in [0.05, 0.1) is 7.85 Å². The van der Waals surface area contributed by atoms with E-state index in [0.29, 0.717) is 5.92 Å². The summed E-state index contributed by atoms with van der Waals surface area (Å²) in [5.41, 5.74) is 0. The van der Waals surface area contributed by atoms with Crippen molar-refractivity contribution in [3.8, 4) is 0 Å². The third-order valence-electron chi connectivity index (χ3n) is 2.72. The Morgan fingerprint density at radius 3 is 2.75 bits per heavy atom. The predicted octanol–water partition coefficient (Wildman–Crippen LogP) is 1.05. The molecule has 2 nitrogen and oxygen atoms in total. The molecule has 1 aliphatic rings. The van der Waals surface area contributed by atoms with E-state index in [-0.39, 0.29) is 18.3 Å². The molecule has 3 heteroatoms. The molecule has 1 amide bonds. The van der Waals surface area contributed by atoms with Crippen LogP contribution in [0.3, 0.4) is 0 Å². The van der Waals surface area contributed by atoms with Crippen molar-refractivity contribution in [3.63, 3.8) is 0 Å². The molecule has 0 aromatic rings. The number of rotatable bonds is 2. The molecule has 2 atom stereocenters. The van der Waals surface area contributed by atoms with Gasteiger partial charge in [0.2, 0.25) is 5.91 Å². The number of hydrogen-bond donors (Lipinski definition) is 1. The van der Waals surface area contributed by atoms with Crippen molar-refractivity contribution in [1.29, 1.82) is 0 Å². The topological polar surface area (TPSA) is 29.1 Å². The van der Waals surface area contributed by atoms with Crippen LogP contribution in [0.15, 0.2) is 0 Å². The first-order chi connectivity index (χ1) is 5.75. The minimum atomic E-state index is 0.143. The van der Waals surface area contributed by atoms with Crippen molar-refractivity contribution in [1.82, 2.24) is 5.32 Å². The first kappa shape index (κ1) is 9.62. The van der Waals surface area contributed by atoms with E-state index in [1.807, 2.05) is 0 Å². The van der Waals surface area contributed by atoms with Crippen LogP contribution in [0.1, 0.15) is 32.6 Å². The highest BCUT2D eigenvalue weighted by Crippen LogP contribution is 2.29. The molecule has 0 aliphatic heterocycles. The van der Waals surface area contributed by atoms with Crippen molar-refractivity contribution < 1.29 is 4.79 Å². The summed E-state index contributed by atoms with van der Waals surface area (Å²) in [7, 11) is 5.25. The second kappa shape index (κ2) is 4.53. The Labute approximate surface area is 75.5 Å². The Bertz CT molecular complexity index is 161. The van der Waals surface area contributed by atoms with Crippen LogP contribution in [0.5, 0.6) is 0 Å². The van der Waals surface area contributed by atoms with Crippen LogP contribution >= 0.6 is 0 Å². The van der Waals surface area contributed by atoms with Crippen LogP contribution in [-0.4, -0.2) is 20.2 Å². The first-order valence-corrected chi connectivity index (χ1v) is 4.73. The SMILES string of the molecule is [B]CNC(=O)C1CCCCC1C. The third kappa shape index (κ3) is 2.26. The molecule has 12 heavy (non-hydrogen) atoms. The van der Waals surface area contributed by atoms with E-state index in [2.05, 4.69) is 12.2 Å². The van der Waals surface area contributed by atoms with Gasteiger partial charge >= 0.3 is 0 Å². The van der Waals surface area contributed by atoms with Gasteiger partial charge in [-0.3, -0.25) is 4.79 Å². The molecule has 1 fully saturated rings. The summed E-state index contributed by atoms with van der Waals surface area (Å²) in [4.78, 5) is 11.4. The van der Waals surface area contributed by atoms with Gasteiger partial charge in [-0.15, -0.1) is 0 Å². The maximum atomic E-state index is 11.4. The van der Waals surface area contributed by atoms with E-state index >= 15 is 0 Å². The second-order valence-corrected chi connectivity index (χ2v) is 3.61. The molecule has 1 saturated carbocycles. The van der Waals surface area contributed by atoms with Crippen molar-refractivity contribution in [2.75, 3.05) is 6.44 Å². The smallest absolute Gasteiger partial charge is 0.222 e. The zero-order chi connectivity index (χ0) is 8.97. The van der Waals surface area contributed by atoms with Crippen LogP contribution in [-0.2, 0) is 4.79 Å². The molecule has 1 aliphatic carbocycles. The molecule has 2 unspecified atom stereocenters. The summed E-state index contributed by atoms with van der Waals surface area (Å²) >= 11 is 0. The standard InChI is InChI=1S/C9H16BNO/c1-7-4-2-3-5-8(7)9(12)11-6-10/h7-8H,2-6H2,1H3,(H,11,12). The lowest BCUT2D eigenvalue weighted by molar-refractivity contribution is -0.127. The van der Waals surface area contributed by atoms with Gasteiger partial charge in [0, 0.05) is 5.92 Å². The van der Waals surface area contributed by atoms with Gasteiger partial charge in [-0.25, -0.2) is 0 Å². The number of nitrogens with one attached hydrogen (secondary N) is 1. The van der Waals surface area contributed by atoms with Crippen molar-refractivity contribution in [2.45, 2.75) is 32.6 Å². The molecule has 0 aromatic carbocycles. The highest BCUT2D eigenvalue weighted by Gasteiger charge is 2.26. The lowest BCUT2D eigenvalue weighted by Crippen LogP contribution is -2.36. The summed E-state index contributed by atoms with van der Waals surface area (Å²) in [6.45, 7) is 2.15. The second-order valence-electron chi connectivity index (χ2n) is 3.61. The maximum absolute atomic E-state index is 11.4. The summed E-state index contributed by atoms with van der Waals surface area (Å²) in [6, 6.07) is 0. The summed E-state index contributed by atoms with van der Waals surface area (Å²) < 4.78 is 0. The highest BCUT2D eigenvalue weighted by atomic mass is 16.1. The van der Waals surface area contributed by atoms with E-state index in [1.54, 1.807) is 0 Å². The van der Waals surface area contributed by atoms with Gasteiger partial charge < -0.3 is 5.32 Å². The quantitative estimate of drug-likeness (QED) is 0.609. The molecule has 1 N–H and O–H groups in total. The Hall–Kier alpha value is -0.465. The fourth-order valence-electron chi connectivity index (χ4n) is 1.94. The van der Waals surface area contributed by atoms with Crippen molar-refractivity contribution in [2.24, 2.45) is 11.8 Å². The van der Waals surface area contributed by atoms with Gasteiger partial charge in [-0.1, -0.05) is 19.8 Å². The monoisotopic (exact) mass is 165 g/mol. The third-order valence-corrected chi connectivity index (χ3v) is 2.72. The van der Waals surface area contributed by atoms with E-state index in [0.717, 1.165) is 6.42 Å². The van der Waals surface area contributed by atoms with Gasteiger partial charge in [-0.2, -0.15) is 0 Å². The fourth-order valence-corrected chi connectivity index (χ4v) is 1.94. The molecule has 2 radical (unpaired) electrons. The van der Waals surface area contributed by atoms with Crippen LogP contribution in [0.25, 0.3) is 0 Å². The molecule has 0 aromatic heterocycles. The average Bonchev–Trinajstić information content (AvgIpc) is 2.05. The fraction of sp³-hybridized carbons (Fsp3) is 0.889. The normalized spacial score (nSPS) is 29.8. The average molecular weight is 165 g/mol. The number of carbonyl (C=O) groups is 1. The van der Waals surface area contributed by atoms with Crippen molar-refractivity contribution in [3.05, 3.63) is 0 Å². The minimum Gasteiger partial charge on any atom is -0.365 e. The minimum absolute atomic E-state index is 0.143. The van der Waals surface area contributed by atoms with Crippen LogP contribution in [0, 0.1) is 11.8 Å². The Morgan fingerprint density at radius 1 is 1.50 bits per heavy atom. The van der Waals surface area contributed by atoms with Gasteiger partial charge in [0.25, 0.3) is 0 Å². The molecule has 0 heterocycles. The zero-order valence-electron chi connectivity index (χ0n) is 7.68. The zero-order valence-corrected chi connectivity index (χ0v) is 7.68. The molecule has 0 spiro atoms. The number of carbonyl (C=O) groups excluding carboxylic acids is 1. The van der Waals surface area contributed by atoms with Crippen molar-refractivity contribution >= 4 is 13.8 Å². The first-order valence-electron chi connectivity index (χ1n) is 4.73. The lowest BCUT2D eigenvalue weighted by atomic mass is 9.80. The van der Waals surface area contributed by atoms with E-state index in [4.69, 9.17) is 7.85 Å². The molecular weight excluding hydrogens is 149 g/mol. The Morgan fingerprint density at radius 2 is 2.17 bits per heavy atom. The molecule has 0 bridgehead atoms. The summed E-state index contributed by atoms with van der Waals surface area (Å²) in [5, 5.41) is 2.68. The van der Waals surface area contributed by atoms with Gasteiger partial charge in [0.15, 0.2) is 0 Å². The molecule has 66 valence electrons. The van der Waals surface area contributed by atoms with Crippen LogP contribution in [0.4, 0.5) is 0 Å². The van der Waals surface area contributed by atoms with Gasteiger partial charge in [0.1, 0.15) is 0 Å².